The van der Waals surface area contributed by atoms with Crippen LogP contribution in [0.15, 0.2) is 17.3 Å². The van der Waals surface area contributed by atoms with Crippen LogP contribution in [-0.4, -0.2) is 47.4 Å². The first-order chi connectivity index (χ1) is 8.45. The van der Waals surface area contributed by atoms with Gasteiger partial charge in [0.1, 0.15) is 5.54 Å². The molecule has 0 spiro atoms. The molecule has 1 saturated heterocycles. The third kappa shape index (κ3) is 2.11. The summed E-state index contributed by atoms with van der Waals surface area (Å²) in [7, 11) is 2.00. The van der Waals surface area contributed by atoms with Gasteiger partial charge >= 0.3 is 0 Å². The summed E-state index contributed by atoms with van der Waals surface area (Å²) in [6.07, 6.45) is 5.00. The van der Waals surface area contributed by atoms with Crippen LogP contribution in [0.3, 0.4) is 0 Å². The topological polar surface area (TPSA) is 111 Å². The summed E-state index contributed by atoms with van der Waals surface area (Å²) < 4.78 is 0. The molecule has 2 heterocycles. The molecule has 4 N–H and O–H groups in total. The molecule has 0 aromatic rings. The van der Waals surface area contributed by atoms with Crippen molar-refractivity contribution >= 4 is 5.84 Å². The fourth-order valence-corrected chi connectivity index (χ4v) is 2.89. The molecule has 7 nitrogen and oxygen atoms in total. The van der Waals surface area contributed by atoms with Crippen molar-refractivity contribution < 1.29 is 4.92 Å². The van der Waals surface area contributed by atoms with Crippen molar-refractivity contribution in [3.8, 4) is 0 Å². The van der Waals surface area contributed by atoms with Gasteiger partial charge in [-0.15, -0.1) is 0 Å². The van der Waals surface area contributed by atoms with Crippen molar-refractivity contribution in [3.63, 3.8) is 0 Å². The van der Waals surface area contributed by atoms with Crippen LogP contribution in [0.1, 0.15) is 12.8 Å². The summed E-state index contributed by atoms with van der Waals surface area (Å²) in [5.41, 5.74) is 10.9. The van der Waals surface area contributed by atoms with Gasteiger partial charge in [-0.25, -0.2) is 4.99 Å². The van der Waals surface area contributed by atoms with Gasteiger partial charge in [-0.05, 0) is 32.5 Å². The molecule has 0 radical (unpaired) electrons. The largest absolute Gasteiger partial charge is 0.381 e. The first-order valence-electron chi connectivity index (χ1n) is 6.07. The maximum absolute atomic E-state index is 11.2. The molecule has 1 fully saturated rings. The lowest BCUT2D eigenvalue weighted by molar-refractivity contribution is -0.513. The monoisotopic (exact) mass is 253 g/mol. The quantitative estimate of drug-likeness (QED) is 0.511. The highest BCUT2D eigenvalue weighted by molar-refractivity contribution is 5.88. The summed E-state index contributed by atoms with van der Waals surface area (Å²) in [5.74, 6) is 0.0233. The van der Waals surface area contributed by atoms with Gasteiger partial charge in [-0.1, -0.05) is 0 Å². The van der Waals surface area contributed by atoms with Crippen LogP contribution in [0, 0.1) is 16.0 Å². The molecular weight excluding hydrogens is 234 g/mol. The molecular formula is C11H19N5O2. The summed E-state index contributed by atoms with van der Waals surface area (Å²) in [5, 5.41) is 11.2. The number of nitrogens with two attached hydrogens (primary N) is 2. The van der Waals surface area contributed by atoms with E-state index in [1.807, 2.05) is 7.05 Å². The Morgan fingerprint density at radius 2 is 2.39 bits per heavy atom. The van der Waals surface area contributed by atoms with Gasteiger partial charge < -0.3 is 16.4 Å². The normalized spacial score (nSPS) is 37.3. The van der Waals surface area contributed by atoms with Gasteiger partial charge in [0.15, 0.2) is 5.84 Å². The zero-order valence-corrected chi connectivity index (χ0v) is 10.5. The van der Waals surface area contributed by atoms with Gasteiger partial charge in [0.25, 0.3) is 6.04 Å². The minimum absolute atomic E-state index is 0.00164. The Hall–Kier alpha value is -1.47. The van der Waals surface area contributed by atoms with Crippen molar-refractivity contribution in [2.24, 2.45) is 22.4 Å². The predicted molar refractivity (Wildman–Crippen MR) is 68.7 cm³/mol. The van der Waals surface area contributed by atoms with E-state index in [0.29, 0.717) is 0 Å². The molecule has 18 heavy (non-hydrogen) atoms. The molecule has 0 aliphatic carbocycles. The van der Waals surface area contributed by atoms with E-state index in [0.717, 1.165) is 25.9 Å². The second kappa shape index (κ2) is 4.66. The molecule has 3 atom stereocenters. The SMILES string of the molecule is CN1CCCC(C2(N)C=CN=C(N)C2[N+](=O)[O-])C1. The lowest BCUT2D eigenvalue weighted by atomic mass is 9.73. The van der Waals surface area contributed by atoms with E-state index in [2.05, 4.69) is 9.89 Å². The fourth-order valence-electron chi connectivity index (χ4n) is 2.89. The Morgan fingerprint density at radius 3 is 3.00 bits per heavy atom. The molecule has 3 unspecified atom stereocenters. The number of piperidine rings is 1. The Bertz CT molecular complexity index is 408. The highest BCUT2D eigenvalue weighted by Crippen LogP contribution is 2.32. The zero-order valence-electron chi connectivity index (χ0n) is 10.5. The molecule has 0 bridgehead atoms. The third-order valence-electron chi connectivity index (χ3n) is 3.88. The van der Waals surface area contributed by atoms with Crippen molar-refractivity contribution in [2.75, 3.05) is 20.1 Å². The number of hydrogen-bond acceptors (Lipinski definition) is 6. The number of amidine groups is 1. The number of nitro groups is 1. The van der Waals surface area contributed by atoms with Crippen molar-refractivity contribution in [2.45, 2.75) is 24.4 Å². The Kier molecular flexibility index (Phi) is 3.36. The van der Waals surface area contributed by atoms with Gasteiger partial charge in [-0.3, -0.25) is 10.1 Å². The Labute approximate surface area is 106 Å². The highest BCUT2D eigenvalue weighted by Gasteiger charge is 2.51. The molecule has 0 aromatic heterocycles. The van der Waals surface area contributed by atoms with Gasteiger partial charge in [0, 0.05) is 23.6 Å². The van der Waals surface area contributed by atoms with Crippen molar-refractivity contribution in [1.29, 1.82) is 0 Å². The van der Waals surface area contributed by atoms with E-state index in [4.69, 9.17) is 11.5 Å². The molecule has 0 aromatic carbocycles. The van der Waals surface area contributed by atoms with Gasteiger partial charge in [-0.2, -0.15) is 0 Å². The van der Waals surface area contributed by atoms with Crippen LogP contribution in [0.5, 0.6) is 0 Å². The molecule has 0 amide bonds. The van der Waals surface area contributed by atoms with Crippen LogP contribution < -0.4 is 11.5 Å². The minimum Gasteiger partial charge on any atom is -0.381 e. The van der Waals surface area contributed by atoms with E-state index in [9.17, 15) is 10.1 Å². The smallest absolute Gasteiger partial charge is 0.290 e. The second-order valence-electron chi connectivity index (χ2n) is 5.16. The Balaban J connectivity index is 2.30. The van der Waals surface area contributed by atoms with Crippen molar-refractivity contribution in [3.05, 3.63) is 22.4 Å². The molecule has 2 rings (SSSR count). The summed E-state index contributed by atoms with van der Waals surface area (Å²) >= 11 is 0. The van der Waals surface area contributed by atoms with E-state index in [1.165, 1.54) is 6.20 Å². The van der Waals surface area contributed by atoms with E-state index in [1.54, 1.807) is 6.08 Å². The summed E-state index contributed by atoms with van der Waals surface area (Å²) in [6, 6.07) is -1.13. The van der Waals surface area contributed by atoms with Crippen LogP contribution in [0.25, 0.3) is 0 Å². The van der Waals surface area contributed by atoms with Crippen LogP contribution in [0.4, 0.5) is 0 Å². The number of hydrogen-bond donors (Lipinski definition) is 2. The highest BCUT2D eigenvalue weighted by atomic mass is 16.6. The number of aliphatic imine (C=N–C) groups is 1. The van der Waals surface area contributed by atoms with Crippen LogP contribution in [0.2, 0.25) is 0 Å². The molecule has 100 valence electrons. The first-order valence-corrected chi connectivity index (χ1v) is 6.07. The Morgan fingerprint density at radius 1 is 1.67 bits per heavy atom. The zero-order chi connectivity index (χ0) is 13.3. The summed E-state index contributed by atoms with van der Waals surface area (Å²) in [4.78, 5) is 16.8. The first kappa shape index (κ1) is 13.0. The van der Waals surface area contributed by atoms with Crippen LogP contribution >= 0.6 is 0 Å². The van der Waals surface area contributed by atoms with E-state index < -0.39 is 16.5 Å². The van der Waals surface area contributed by atoms with E-state index in [-0.39, 0.29) is 11.8 Å². The van der Waals surface area contributed by atoms with Gasteiger partial charge in [0.05, 0.1) is 0 Å². The molecule has 0 saturated carbocycles. The maximum atomic E-state index is 11.2. The summed E-state index contributed by atoms with van der Waals surface area (Å²) in [6.45, 7) is 1.75. The number of rotatable bonds is 2. The molecule has 2 aliphatic heterocycles. The average molecular weight is 253 g/mol. The van der Waals surface area contributed by atoms with E-state index >= 15 is 0 Å². The number of nitrogens with zero attached hydrogens (tertiary/aromatic N) is 3. The molecule has 2 aliphatic rings. The van der Waals surface area contributed by atoms with Crippen molar-refractivity contribution in [1.82, 2.24) is 4.90 Å². The van der Waals surface area contributed by atoms with Crippen LogP contribution in [-0.2, 0) is 0 Å². The third-order valence-corrected chi connectivity index (χ3v) is 3.88. The van der Waals surface area contributed by atoms with Gasteiger partial charge in [0.2, 0.25) is 0 Å². The number of likely N-dealkylation sites (tertiary alicyclic amines) is 1. The molecule has 7 heteroatoms. The average Bonchev–Trinajstić information content (AvgIpc) is 2.28. The lowest BCUT2D eigenvalue weighted by Gasteiger charge is -2.41. The lowest BCUT2D eigenvalue weighted by Crippen LogP contribution is -2.65. The minimum atomic E-state index is -1.13. The second-order valence-corrected chi connectivity index (χ2v) is 5.16. The predicted octanol–water partition coefficient (Wildman–Crippen LogP) is -0.444. The fraction of sp³-hybridized carbons (Fsp3) is 0.727. The maximum Gasteiger partial charge on any atom is 0.290 e. The standard InChI is InChI=1S/C11H19N5O2/c1-15-6-2-3-8(7-15)11(13)4-5-14-10(12)9(11)16(17)18/h4-5,8-9H,2-3,6-7,13H2,1H3,(H2,12,14).